The Kier molecular flexibility index (Phi) is 6.66. The largest absolute Gasteiger partial charge is 0.465 e. The van der Waals surface area contributed by atoms with Crippen molar-refractivity contribution in [3.8, 4) is 28.7 Å². The summed E-state index contributed by atoms with van der Waals surface area (Å²) in [5.41, 5.74) is 1.90. The van der Waals surface area contributed by atoms with Gasteiger partial charge >= 0.3 is 6.09 Å². The smallest absolute Gasteiger partial charge is 0.408 e. The van der Waals surface area contributed by atoms with Gasteiger partial charge in [-0.1, -0.05) is 27.2 Å². The highest BCUT2D eigenvalue weighted by Gasteiger charge is 2.45. The molecule has 0 radical (unpaired) electrons. The molecule has 2 unspecified atom stereocenters. The van der Waals surface area contributed by atoms with Gasteiger partial charge in [0.05, 0.1) is 24.0 Å². The Morgan fingerprint density at radius 1 is 1.05 bits per heavy atom. The first kappa shape index (κ1) is 27.5. The summed E-state index contributed by atoms with van der Waals surface area (Å²) in [6.07, 6.45) is 5.69. The Morgan fingerprint density at radius 2 is 1.86 bits per heavy atom. The number of hydrogen-bond donors (Lipinski definition) is 2. The van der Waals surface area contributed by atoms with Crippen molar-refractivity contribution < 1.29 is 24.2 Å². The van der Waals surface area contributed by atoms with Crippen molar-refractivity contribution in [2.45, 2.75) is 71.5 Å². The average Bonchev–Trinajstić information content (AvgIpc) is 3.65. The van der Waals surface area contributed by atoms with Crippen LogP contribution in [0.25, 0.3) is 17.2 Å². The number of fused-ring (bicyclic) bond motifs is 2. The standard InChI is InChI=1S/C31H37N7O5/c1-31(2,3)26-25-21(16-37(26)30(40)41)38(27(35-25)19-9-10-22-23(14-19)43-17-42-22)24-11-12-32-29(34-24)33-20-8-5-13-36(15-20)28(39)18-6-4-7-18/h9-12,14,18,20,26H,4-8,13,15-17H2,1-3H3,(H,40,41)(H,32,33,34). The summed E-state index contributed by atoms with van der Waals surface area (Å²) in [6, 6.07) is 7.11. The second-order valence-electron chi connectivity index (χ2n) is 13.0. The SMILES string of the molecule is CC(C)(C)C1c2nc(-c3ccc4c(c3)OCO4)n(-c3ccnc(NC4CCCN(C(=O)C5CCC5)C4)n3)c2CN1C(=O)O. The molecule has 2 N–H and O–H groups in total. The summed E-state index contributed by atoms with van der Waals surface area (Å²) in [5, 5.41) is 13.6. The van der Waals surface area contributed by atoms with E-state index >= 15 is 0 Å². The van der Waals surface area contributed by atoms with Crippen LogP contribution >= 0.6 is 0 Å². The Hall–Kier alpha value is -4.35. The van der Waals surface area contributed by atoms with E-state index in [-0.39, 0.29) is 31.2 Å². The number of benzene rings is 1. The van der Waals surface area contributed by atoms with Crippen molar-refractivity contribution >= 4 is 17.9 Å². The number of hydrogen-bond acceptors (Lipinski definition) is 8. The highest BCUT2D eigenvalue weighted by atomic mass is 16.7. The van der Waals surface area contributed by atoms with Crippen molar-refractivity contribution in [3.05, 3.63) is 41.9 Å². The van der Waals surface area contributed by atoms with E-state index in [2.05, 4.69) is 10.3 Å². The molecule has 1 saturated carbocycles. The molecule has 3 aromatic rings. The van der Waals surface area contributed by atoms with Gasteiger partial charge in [-0.2, -0.15) is 4.98 Å². The zero-order chi connectivity index (χ0) is 29.9. The summed E-state index contributed by atoms with van der Waals surface area (Å²) >= 11 is 0. The van der Waals surface area contributed by atoms with E-state index in [0.717, 1.165) is 49.9 Å². The summed E-state index contributed by atoms with van der Waals surface area (Å²) in [7, 11) is 0. The molecule has 1 aliphatic carbocycles. The maximum absolute atomic E-state index is 12.9. The van der Waals surface area contributed by atoms with Gasteiger partial charge in [-0.25, -0.2) is 14.8 Å². The summed E-state index contributed by atoms with van der Waals surface area (Å²) in [4.78, 5) is 43.2. The monoisotopic (exact) mass is 587 g/mol. The molecule has 43 heavy (non-hydrogen) atoms. The lowest BCUT2D eigenvalue weighted by atomic mass is 9.84. The molecule has 2 aromatic heterocycles. The second-order valence-corrected chi connectivity index (χ2v) is 13.0. The zero-order valence-corrected chi connectivity index (χ0v) is 24.7. The highest BCUT2D eigenvalue weighted by molar-refractivity contribution is 5.79. The number of anilines is 1. The van der Waals surface area contributed by atoms with Gasteiger partial charge in [0, 0.05) is 36.8 Å². The van der Waals surface area contributed by atoms with Gasteiger partial charge in [0.15, 0.2) is 11.5 Å². The maximum Gasteiger partial charge on any atom is 0.408 e. The molecule has 3 aliphatic heterocycles. The number of imidazole rings is 1. The Bertz CT molecular complexity index is 1580. The van der Waals surface area contributed by atoms with Gasteiger partial charge in [-0.15, -0.1) is 0 Å². The fourth-order valence-corrected chi connectivity index (χ4v) is 6.71. The normalized spacial score (nSPS) is 21.5. The number of nitrogens with one attached hydrogen (secondary N) is 1. The summed E-state index contributed by atoms with van der Waals surface area (Å²) in [5.74, 6) is 3.43. The number of rotatable bonds is 5. The molecule has 4 aliphatic rings. The van der Waals surface area contributed by atoms with Crippen molar-refractivity contribution in [1.82, 2.24) is 29.3 Å². The number of carbonyl (C=O) groups is 2. The van der Waals surface area contributed by atoms with Gasteiger partial charge in [-0.05, 0) is 55.4 Å². The number of aromatic nitrogens is 4. The van der Waals surface area contributed by atoms with Crippen LogP contribution in [0.5, 0.6) is 11.5 Å². The minimum atomic E-state index is -0.988. The molecule has 2 atom stereocenters. The van der Waals surface area contributed by atoms with E-state index in [9.17, 15) is 14.7 Å². The van der Waals surface area contributed by atoms with Gasteiger partial charge in [0.25, 0.3) is 0 Å². The average molecular weight is 588 g/mol. The molecular formula is C31H37N7O5. The Balaban J connectivity index is 1.25. The molecule has 5 heterocycles. The predicted molar refractivity (Wildman–Crippen MR) is 157 cm³/mol. The molecule has 0 spiro atoms. The number of likely N-dealkylation sites (tertiary alicyclic amines) is 1. The van der Waals surface area contributed by atoms with E-state index in [4.69, 9.17) is 19.4 Å². The van der Waals surface area contributed by atoms with E-state index in [1.54, 1.807) is 6.20 Å². The van der Waals surface area contributed by atoms with Gasteiger partial charge in [0.1, 0.15) is 11.6 Å². The van der Waals surface area contributed by atoms with Gasteiger partial charge in [0.2, 0.25) is 18.6 Å². The molecule has 2 amide bonds. The van der Waals surface area contributed by atoms with E-state index in [0.29, 0.717) is 41.3 Å². The molecule has 0 bridgehead atoms. The van der Waals surface area contributed by atoms with Crippen LogP contribution in [0.2, 0.25) is 0 Å². The molecular weight excluding hydrogens is 550 g/mol. The van der Waals surface area contributed by atoms with E-state index in [1.807, 2.05) is 54.5 Å². The third kappa shape index (κ3) is 4.92. The van der Waals surface area contributed by atoms with Crippen LogP contribution in [0.15, 0.2) is 30.5 Å². The van der Waals surface area contributed by atoms with Crippen molar-refractivity contribution in [3.63, 3.8) is 0 Å². The molecule has 12 heteroatoms. The van der Waals surface area contributed by atoms with Crippen LogP contribution in [0.1, 0.15) is 70.3 Å². The summed E-state index contributed by atoms with van der Waals surface area (Å²) in [6.45, 7) is 7.84. The van der Waals surface area contributed by atoms with Crippen LogP contribution in [0.4, 0.5) is 10.7 Å². The number of carboxylic acid groups (broad SMARTS) is 1. The predicted octanol–water partition coefficient (Wildman–Crippen LogP) is 4.84. The minimum Gasteiger partial charge on any atom is -0.465 e. The maximum atomic E-state index is 12.9. The fraction of sp³-hybridized carbons (Fsp3) is 0.516. The van der Waals surface area contributed by atoms with E-state index < -0.39 is 17.6 Å². The topological polar surface area (TPSA) is 135 Å². The number of amides is 2. The van der Waals surface area contributed by atoms with Crippen LogP contribution in [0, 0.1) is 11.3 Å². The quantitative estimate of drug-likeness (QED) is 0.430. The van der Waals surface area contributed by atoms with Crippen molar-refractivity contribution in [1.29, 1.82) is 0 Å². The van der Waals surface area contributed by atoms with E-state index in [1.165, 1.54) is 4.90 Å². The van der Waals surface area contributed by atoms with Crippen LogP contribution in [-0.2, 0) is 11.3 Å². The molecule has 1 aromatic carbocycles. The first-order valence-corrected chi connectivity index (χ1v) is 15.1. The molecule has 2 fully saturated rings. The first-order valence-electron chi connectivity index (χ1n) is 15.1. The lowest BCUT2D eigenvalue weighted by molar-refractivity contribution is -0.139. The lowest BCUT2D eigenvalue weighted by Gasteiger charge is -2.37. The third-order valence-corrected chi connectivity index (χ3v) is 8.98. The van der Waals surface area contributed by atoms with Gasteiger partial charge < -0.3 is 24.8 Å². The highest BCUT2D eigenvalue weighted by Crippen LogP contribution is 2.47. The van der Waals surface area contributed by atoms with Gasteiger partial charge in [-0.3, -0.25) is 14.3 Å². The molecule has 226 valence electrons. The number of nitrogens with zero attached hydrogens (tertiary/aromatic N) is 6. The van der Waals surface area contributed by atoms with Crippen LogP contribution in [0.3, 0.4) is 0 Å². The lowest BCUT2D eigenvalue weighted by Crippen LogP contribution is -2.48. The fourth-order valence-electron chi connectivity index (χ4n) is 6.71. The molecule has 12 nitrogen and oxygen atoms in total. The zero-order valence-electron chi connectivity index (χ0n) is 24.7. The van der Waals surface area contributed by atoms with Crippen LogP contribution in [-0.4, -0.2) is 72.4 Å². The Labute approximate surface area is 250 Å². The minimum absolute atomic E-state index is 0.0441. The second kappa shape index (κ2) is 10.4. The molecule has 7 rings (SSSR count). The number of carbonyl (C=O) groups excluding carboxylic acids is 1. The molecule has 1 saturated heterocycles. The first-order chi connectivity index (χ1) is 20.7. The third-order valence-electron chi connectivity index (χ3n) is 8.98. The summed E-state index contributed by atoms with van der Waals surface area (Å²) < 4.78 is 13.1. The van der Waals surface area contributed by atoms with Crippen molar-refractivity contribution in [2.24, 2.45) is 11.3 Å². The Morgan fingerprint density at radius 3 is 2.60 bits per heavy atom. The number of ether oxygens (including phenoxy) is 2. The van der Waals surface area contributed by atoms with Crippen molar-refractivity contribution in [2.75, 3.05) is 25.2 Å². The van der Waals surface area contributed by atoms with Crippen LogP contribution < -0.4 is 14.8 Å². The number of piperidine rings is 1.